The van der Waals surface area contributed by atoms with Gasteiger partial charge in [-0.1, -0.05) is 29.8 Å². The molecule has 0 saturated carbocycles. The zero-order valence-corrected chi connectivity index (χ0v) is 14.5. The van der Waals surface area contributed by atoms with Crippen LogP contribution in [0.3, 0.4) is 0 Å². The summed E-state index contributed by atoms with van der Waals surface area (Å²) in [4.78, 5) is 19.2. The normalized spacial score (nSPS) is 16.6. The number of nitrogens with zero attached hydrogens (tertiary/aromatic N) is 2. The molecule has 0 unspecified atom stereocenters. The number of rotatable bonds is 1. The second kappa shape index (κ2) is 5.69. The minimum Gasteiger partial charge on any atom is -0.305 e. The van der Waals surface area contributed by atoms with E-state index in [0.717, 1.165) is 0 Å². The van der Waals surface area contributed by atoms with Crippen molar-refractivity contribution in [3.05, 3.63) is 69.2 Å². The number of benzene rings is 2. The number of fused-ring (bicyclic) bond motifs is 2. The molecule has 3 aromatic rings. The maximum atomic E-state index is 12.3. The number of nitriles is 1. The highest BCUT2D eigenvalue weighted by Gasteiger charge is 2.32. The van der Waals surface area contributed by atoms with Crippen molar-refractivity contribution < 1.29 is 8.42 Å². The van der Waals surface area contributed by atoms with Gasteiger partial charge in [0.05, 0.1) is 21.5 Å². The Morgan fingerprint density at radius 1 is 1.19 bits per heavy atom. The van der Waals surface area contributed by atoms with Crippen molar-refractivity contribution in [3.63, 3.8) is 0 Å². The lowest BCUT2D eigenvalue weighted by Gasteiger charge is -2.06. The van der Waals surface area contributed by atoms with Gasteiger partial charge in [0.2, 0.25) is 0 Å². The quantitative estimate of drug-likeness (QED) is 0.624. The van der Waals surface area contributed by atoms with Gasteiger partial charge >= 0.3 is 0 Å². The molecule has 1 aliphatic heterocycles. The Bertz CT molecular complexity index is 1320. The highest BCUT2D eigenvalue weighted by Crippen LogP contribution is 2.34. The van der Waals surface area contributed by atoms with Gasteiger partial charge in [0, 0.05) is 10.6 Å². The third-order valence-electron chi connectivity index (χ3n) is 3.95. The molecule has 0 amide bonds. The van der Waals surface area contributed by atoms with Crippen LogP contribution in [0, 0.1) is 11.3 Å². The number of hydrogen-bond donors (Lipinski definition) is 2. The van der Waals surface area contributed by atoms with Crippen molar-refractivity contribution in [1.29, 1.82) is 5.26 Å². The molecule has 0 fully saturated rings. The molecule has 26 heavy (non-hydrogen) atoms. The molecular weight excluding hydrogens is 376 g/mol. The van der Waals surface area contributed by atoms with Crippen LogP contribution in [0.4, 0.5) is 0 Å². The van der Waals surface area contributed by atoms with Crippen LogP contribution in [0.1, 0.15) is 11.4 Å². The second-order valence-electron chi connectivity index (χ2n) is 5.54. The minimum absolute atomic E-state index is 0.0401. The van der Waals surface area contributed by atoms with Gasteiger partial charge in [-0.15, -0.1) is 0 Å². The molecular formula is C17H9ClN4O3S. The predicted molar refractivity (Wildman–Crippen MR) is 96.6 cm³/mol. The number of halogens is 1. The van der Waals surface area contributed by atoms with Crippen molar-refractivity contribution in [2.24, 2.45) is 0 Å². The molecule has 1 aliphatic rings. The molecule has 0 radical (unpaired) electrons. The van der Waals surface area contributed by atoms with Gasteiger partial charge in [0.15, 0.2) is 5.82 Å². The largest absolute Gasteiger partial charge is 0.305 e. The number of H-pyrrole nitrogens is 1. The smallest absolute Gasteiger partial charge is 0.262 e. The zero-order chi connectivity index (χ0) is 18.5. The van der Waals surface area contributed by atoms with E-state index < -0.39 is 15.6 Å². The number of aromatic nitrogens is 2. The molecule has 9 heteroatoms. The Morgan fingerprint density at radius 3 is 2.73 bits per heavy atom. The van der Waals surface area contributed by atoms with E-state index in [-0.39, 0.29) is 22.0 Å². The first kappa shape index (κ1) is 16.3. The summed E-state index contributed by atoms with van der Waals surface area (Å²) in [5.41, 5.74) is 0.186. The van der Waals surface area contributed by atoms with Crippen LogP contribution >= 0.6 is 11.6 Å². The third kappa shape index (κ3) is 2.45. The Kier molecular flexibility index (Phi) is 3.57. The van der Waals surface area contributed by atoms with E-state index in [2.05, 4.69) is 14.7 Å². The highest BCUT2D eigenvalue weighted by molar-refractivity contribution is 7.90. The molecule has 1 aromatic heterocycles. The molecule has 0 aliphatic carbocycles. The van der Waals surface area contributed by atoms with Crippen LogP contribution in [0.5, 0.6) is 0 Å². The first-order chi connectivity index (χ1) is 12.4. The van der Waals surface area contributed by atoms with Gasteiger partial charge in [-0.2, -0.15) is 5.26 Å². The van der Waals surface area contributed by atoms with E-state index >= 15 is 0 Å². The summed E-state index contributed by atoms with van der Waals surface area (Å²) < 4.78 is 26.9. The monoisotopic (exact) mass is 384 g/mol. The first-order valence-electron chi connectivity index (χ1n) is 7.37. The number of sulfonamides is 1. The summed E-state index contributed by atoms with van der Waals surface area (Å²) in [5, 5.41) is 10.3. The first-order valence-corrected chi connectivity index (χ1v) is 9.23. The van der Waals surface area contributed by atoms with Crippen LogP contribution in [-0.2, 0) is 10.0 Å². The van der Waals surface area contributed by atoms with Gasteiger partial charge in [-0.25, -0.2) is 13.4 Å². The molecule has 7 nitrogen and oxygen atoms in total. The average molecular weight is 385 g/mol. The van der Waals surface area contributed by atoms with E-state index in [1.54, 1.807) is 24.3 Å². The van der Waals surface area contributed by atoms with Crippen molar-refractivity contribution in [2.75, 3.05) is 0 Å². The maximum Gasteiger partial charge on any atom is 0.262 e. The fourth-order valence-electron chi connectivity index (χ4n) is 2.80. The number of aromatic amines is 1. The maximum absolute atomic E-state index is 12.3. The molecule has 0 saturated heterocycles. The van der Waals surface area contributed by atoms with Gasteiger partial charge in [-0.3, -0.25) is 9.52 Å². The van der Waals surface area contributed by atoms with Crippen LogP contribution in [0.15, 0.2) is 52.2 Å². The lowest BCUT2D eigenvalue weighted by Crippen LogP contribution is -2.16. The van der Waals surface area contributed by atoms with Crippen LogP contribution in [0.2, 0.25) is 5.02 Å². The standard InChI is InChI=1S/C17H9ClN4O3S/c18-9-5-6-10-13(7-9)20-16(21-17(10)23)12(8-19)15-11-3-1-2-4-14(11)26(24,25)22-15/h1-7,22H,(H,20,21,23)/b15-12-. The topological polar surface area (TPSA) is 116 Å². The summed E-state index contributed by atoms with van der Waals surface area (Å²) in [6, 6.07) is 12.8. The highest BCUT2D eigenvalue weighted by atomic mass is 35.5. The lowest BCUT2D eigenvalue weighted by atomic mass is 10.1. The summed E-state index contributed by atoms with van der Waals surface area (Å²) in [6.45, 7) is 0. The Balaban J connectivity index is 2.04. The van der Waals surface area contributed by atoms with Crippen LogP contribution in [0.25, 0.3) is 22.2 Å². The molecule has 2 aromatic carbocycles. The van der Waals surface area contributed by atoms with E-state index in [1.165, 1.54) is 18.2 Å². The van der Waals surface area contributed by atoms with E-state index in [9.17, 15) is 18.5 Å². The Hall–Kier alpha value is -3.15. The van der Waals surface area contributed by atoms with Crippen molar-refractivity contribution in [3.8, 4) is 6.07 Å². The molecule has 4 rings (SSSR count). The minimum atomic E-state index is -3.78. The fourth-order valence-corrected chi connectivity index (χ4v) is 4.27. The van der Waals surface area contributed by atoms with Crippen molar-refractivity contribution in [2.45, 2.75) is 4.90 Å². The number of nitrogens with one attached hydrogen (secondary N) is 2. The van der Waals surface area contributed by atoms with Gasteiger partial charge in [0.25, 0.3) is 15.6 Å². The Labute approximate surface area is 152 Å². The van der Waals surface area contributed by atoms with Gasteiger partial charge in [0.1, 0.15) is 11.6 Å². The van der Waals surface area contributed by atoms with Crippen LogP contribution < -0.4 is 10.3 Å². The fraction of sp³-hybridized carbons (Fsp3) is 0. The summed E-state index contributed by atoms with van der Waals surface area (Å²) in [7, 11) is -3.78. The second-order valence-corrected chi connectivity index (χ2v) is 7.63. The summed E-state index contributed by atoms with van der Waals surface area (Å²) in [5.74, 6) is -0.0401. The number of allylic oxidation sites excluding steroid dienone is 1. The van der Waals surface area contributed by atoms with E-state index in [4.69, 9.17) is 11.6 Å². The predicted octanol–water partition coefficient (Wildman–Crippen LogP) is 2.26. The molecule has 2 N–H and O–H groups in total. The SMILES string of the molecule is N#C/C(=C1/NS(=O)(=O)c2ccccc21)c1nc2cc(Cl)ccc2c(=O)[nH]1. The molecule has 0 bridgehead atoms. The average Bonchev–Trinajstić information content (AvgIpc) is 2.87. The Morgan fingerprint density at radius 2 is 1.96 bits per heavy atom. The summed E-state index contributed by atoms with van der Waals surface area (Å²) in [6.07, 6.45) is 0. The molecule has 128 valence electrons. The van der Waals surface area contributed by atoms with E-state index in [1.807, 2.05) is 6.07 Å². The van der Waals surface area contributed by atoms with Gasteiger partial charge in [-0.05, 0) is 24.3 Å². The van der Waals surface area contributed by atoms with Crippen molar-refractivity contribution >= 4 is 43.8 Å². The van der Waals surface area contributed by atoms with E-state index in [0.29, 0.717) is 21.5 Å². The zero-order valence-electron chi connectivity index (χ0n) is 12.9. The molecule has 0 atom stereocenters. The number of hydrogen-bond acceptors (Lipinski definition) is 5. The molecule has 0 spiro atoms. The summed E-state index contributed by atoms with van der Waals surface area (Å²) >= 11 is 5.95. The van der Waals surface area contributed by atoms with Crippen LogP contribution in [-0.4, -0.2) is 18.4 Å². The van der Waals surface area contributed by atoms with Gasteiger partial charge < -0.3 is 4.98 Å². The molecule has 2 heterocycles. The third-order valence-corrected chi connectivity index (χ3v) is 5.59. The lowest BCUT2D eigenvalue weighted by molar-refractivity contribution is 0.594. The van der Waals surface area contributed by atoms with Crippen molar-refractivity contribution in [1.82, 2.24) is 14.7 Å².